The van der Waals surface area contributed by atoms with E-state index in [4.69, 9.17) is 10.8 Å². The minimum atomic E-state index is -0.799. The lowest BCUT2D eigenvalue weighted by atomic mass is 10.0. The standard InChI is InChI=1S/C14H21NO3/c15-9-3-1-2-4-12-10-11(5-7-13(12)16)6-8-14(17)18/h5,7,10,16H,1-4,6,8-9,15H2,(H,17,18). The summed E-state index contributed by atoms with van der Waals surface area (Å²) in [5, 5.41) is 18.4. The van der Waals surface area contributed by atoms with E-state index < -0.39 is 5.97 Å². The minimum Gasteiger partial charge on any atom is -0.508 e. The Morgan fingerprint density at radius 2 is 1.94 bits per heavy atom. The fourth-order valence-electron chi connectivity index (χ4n) is 1.88. The Kier molecular flexibility index (Phi) is 6.22. The van der Waals surface area contributed by atoms with Gasteiger partial charge >= 0.3 is 5.97 Å². The van der Waals surface area contributed by atoms with Gasteiger partial charge in [-0.05, 0) is 49.4 Å². The highest BCUT2D eigenvalue weighted by Gasteiger charge is 2.05. The molecule has 0 radical (unpaired) electrons. The predicted molar refractivity (Wildman–Crippen MR) is 70.7 cm³/mol. The Labute approximate surface area is 107 Å². The van der Waals surface area contributed by atoms with Crippen molar-refractivity contribution in [3.8, 4) is 5.75 Å². The number of carboxylic acids is 1. The molecule has 18 heavy (non-hydrogen) atoms. The normalized spacial score (nSPS) is 10.5. The third-order valence-corrected chi connectivity index (χ3v) is 2.92. The zero-order valence-electron chi connectivity index (χ0n) is 10.6. The van der Waals surface area contributed by atoms with Crippen LogP contribution in [0.4, 0.5) is 0 Å². The molecule has 0 fully saturated rings. The van der Waals surface area contributed by atoms with Crippen molar-refractivity contribution in [1.29, 1.82) is 0 Å². The number of hydrogen-bond donors (Lipinski definition) is 3. The number of aryl methyl sites for hydroxylation is 2. The van der Waals surface area contributed by atoms with Gasteiger partial charge in [0, 0.05) is 6.42 Å². The van der Waals surface area contributed by atoms with E-state index in [0.717, 1.165) is 36.8 Å². The Morgan fingerprint density at radius 3 is 2.61 bits per heavy atom. The van der Waals surface area contributed by atoms with Crippen molar-refractivity contribution in [2.24, 2.45) is 5.73 Å². The lowest BCUT2D eigenvalue weighted by Gasteiger charge is -2.07. The number of aliphatic carboxylic acids is 1. The van der Waals surface area contributed by atoms with Crippen LogP contribution in [0.1, 0.15) is 36.8 Å². The quantitative estimate of drug-likeness (QED) is 0.618. The molecule has 4 N–H and O–H groups in total. The number of unbranched alkanes of at least 4 members (excludes halogenated alkanes) is 2. The van der Waals surface area contributed by atoms with Gasteiger partial charge in [-0.1, -0.05) is 18.6 Å². The monoisotopic (exact) mass is 251 g/mol. The van der Waals surface area contributed by atoms with E-state index >= 15 is 0 Å². The first kappa shape index (κ1) is 14.5. The van der Waals surface area contributed by atoms with Gasteiger partial charge in [0.25, 0.3) is 0 Å². The van der Waals surface area contributed by atoms with Crippen LogP contribution >= 0.6 is 0 Å². The smallest absolute Gasteiger partial charge is 0.303 e. The molecule has 1 aromatic rings. The number of phenols is 1. The molecule has 0 aliphatic rings. The van der Waals surface area contributed by atoms with Crippen LogP contribution in [0.5, 0.6) is 5.75 Å². The first-order valence-corrected chi connectivity index (χ1v) is 6.36. The van der Waals surface area contributed by atoms with Crippen LogP contribution in [0.2, 0.25) is 0 Å². The summed E-state index contributed by atoms with van der Waals surface area (Å²) in [4.78, 5) is 10.5. The average Bonchev–Trinajstić information content (AvgIpc) is 2.35. The Hall–Kier alpha value is -1.55. The lowest BCUT2D eigenvalue weighted by molar-refractivity contribution is -0.136. The first-order valence-electron chi connectivity index (χ1n) is 6.36. The summed E-state index contributed by atoms with van der Waals surface area (Å²) in [6, 6.07) is 5.33. The van der Waals surface area contributed by atoms with E-state index in [1.807, 2.05) is 6.07 Å². The summed E-state index contributed by atoms with van der Waals surface area (Å²) in [6.45, 7) is 0.699. The minimum absolute atomic E-state index is 0.122. The van der Waals surface area contributed by atoms with Crippen LogP contribution in [0.15, 0.2) is 18.2 Å². The van der Waals surface area contributed by atoms with Crippen molar-refractivity contribution in [2.75, 3.05) is 6.54 Å². The molecule has 0 spiro atoms. The zero-order chi connectivity index (χ0) is 13.4. The number of phenolic OH excluding ortho intramolecular Hbond substituents is 1. The number of aromatic hydroxyl groups is 1. The molecular weight excluding hydrogens is 230 g/mol. The second-order valence-electron chi connectivity index (χ2n) is 4.46. The third kappa shape index (κ3) is 5.19. The van der Waals surface area contributed by atoms with Crippen LogP contribution in [-0.2, 0) is 17.6 Å². The van der Waals surface area contributed by atoms with Crippen molar-refractivity contribution >= 4 is 5.97 Å². The second kappa shape index (κ2) is 7.71. The van der Waals surface area contributed by atoms with Gasteiger partial charge in [0.05, 0.1) is 0 Å². The van der Waals surface area contributed by atoms with Gasteiger partial charge < -0.3 is 15.9 Å². The van der Waals surface area contributed by atoms with E-state index in [-0.39, 0.29) is 6.42 Å². The van der Waals surface area contributed by atoms with Crippen LogP contribution in [0, 0.1) is 0 Å². The summed E-state index contributed by atoms with van der Waals surface area (Å²) in [5.74, 6) is -0.505. The summed E-state index contributed by atoms with van der Waals surface area (Å²) < 4.78 is 0. The summed E-state index contributed by atoms with van der Waals surface area (Å²) in [5.41, 5.74) is 7.29. The molecule has 0 atom stereocenters. The van der Waals surface area contributed by atoms with Crippen LogP contribution in [-0.4, -0.2) is 22.7 Å². The van der Waals surface area contributed by atoms with Gasteiger partial charge in [-0.2, -0.15) is 0 Å². The molecule has 0 unspecified atom stereocenters. The topological polar surface area (TPSA) is 83.6 Å². The van der Waals surface area contributed by atoms with E-state index in [1.165, 1.54) is 0 Å². The average molecular weight is 251 g/mol. The fourth-order valence-corrected chi connectivity index (χ4v) is 1.88. The maximum atomic E-state index is 10.5. The molecule has 0 aliphatic carbocycles. The van der Waals surface area contributed by atoms with Gasteiger partial charge in [-0.3, -0.25) is 4.79 Å². The Balaban J connectivity index is 2.54. The highest BCUT2D eigenvalue weighted by Crippen LogP contribution is 2.21. The van der Waals surface area contributed by atoms with Crippen LogP contribution < -0.4 is 5.73 Å². The molecule has 1 rings (SSSR count). The molecule has 0 aliphatic heterocycles. The molecule has 0 bridgehead atoms. The third-order valence-electron chi connectivity index (χ3n) is 2.92. The zero-order valence-corrected chi connectivity index (χ0v) is 10.6. The molecule has 0 aromatic heterocycles. The maximum absolute atomic E-state index is 10.5. The largest absolute Gasteiger partial charge is 0.508 e. The molecule has 0 heterocycles. The second-order valence-corrected chi connectivity index (χ2v) is 4.46. The van der Waals surface area contributed by atoms with Crippen LogP contribution in [0.3, 0.4) is 0 Å². The number of carboxylic acid groups (broad SMARTS) is 1. The first-order chi connectivity index (χ1) is 8.63. The SMILES string of the molecule is NCCCCCc1cc(CCC(=O)O)ccc1O. The Morgan fingerprint density at radius 1 is 1.17 bits per heavy atom. The van der Waals surface area contributed by atoms with Gasteiger partial charge in [-0.15, -0.1) is 0 Å². The van der Waals surface area contributed by atoms with Crippen molar-refractivity contribution < 1.29 is 15.0 Å². The number of rotatable bonds is 8. The van der Waals surface area contributed by atoms with Crippen molar-refractivity contribution in [1.82, 2.24) is 0 Å². The van der Waals surface area contributed by atoms with E-state index in [9.17, 15) is 9.90 Å². The molecule has 0 amide bonds. The molecule has 100 valence electrons. The molecular formula is C14H21NO3. The number of nitrogens with two attached hydrogens (primary N) is 1. The van der Waals surface area contributed by atoms with Crippen molar-refractivity contribution in [2.45, 2.75) is 38.5 Å². The fraction of sp³-hybridized carbons (Fsp3) is 0.500. The summed E-state index contributed by atoms with van der Waals surface area (Å²) in [6.07, 6.45) is 4.48. The molecule has 4 heteroatoms. The molecule has 4 nitrogen and oxygen atoms in total. The number of carbonyl (C=O) groups is 1. The molecule has 0 saturated heterocycles. The van der Waals surface area contributed by atoms with E-state index in [1.54, 1.807) is 12.1 Å². The van der Waals surface area contributed by atoms with Crippen LogP contribution in [0.25, 0.3) is 0 Å². The van der Waals surface area contributed by atoms with Gasteiger partial charge in [0.1, 0.15) is 5.75 Å². The molecule has 0 saturated carbocycles. The highest BCUT2D eigenvalue weighted by atomic mass is 16.4. The van der Waals surface area contributed by atoms with Gasteiger partial charge in [0.15, 0.2) is 0 Å². The lowest BCUT2D eigenvalue weighted by Crippen LogP contribution is -1.99. The maximum Gasteiger partial charge on any atom is 0.303 e. The highest BCUT2D eigenvalue weighted by molar-refractivity contribution is 5.67. The Bertz CT molecular complexity index is 391. The van der Waals surface area contributed by atoms with Crippen molar-refractivity contribution in [3.05, 3.63) is 29.3 Å². The number of benzene rings is 1. The van der Waals surface area contributed by atoms with E-state index in [2.05, 4.69) is 0 Å². The van der Waals surface area contributed by atoms with Gasteiger partial charge in [-0.25, -0.2) is 0 Å². The van der Waals surface area contributed by atoms with Gasteiger partial charge in [0.2, 0.25) is 0 Å². The number of hydrogen-bond acceptors (Lipinski definition) is 3. The molecule has 1 aromatic carbocycles. The van der Waals surface area contributed by atoms with Crippen molar-refractivity contribution in [3.63, 3.8) is 0 Å². The summed E-state index contributed by atoms with van der Waals surface area (Å²) >= 11 is 0. The predicted octanol–water partition coefficient (Wildman–Crippen LogP) is 2.08. The summed E-state index contributed by atoms with van der Waals surface area (Å²) in [7, 11) is 0. The van der Waals surface area contributed by atoms with E-state index in [0.29, 0.717) is 18.7 Å².